The summed E-state index contributed by atoms with van der Waals surface area (Å²) < 4.78 is 6.24. The first-order valence-electron chi connectivity index (χ1n) is 5.68. The van der Waals surface area contributed by atoms with Gasteiger partial charge in [0.15, 0.2) is 0 Å². The predicted octanol–water partition coefficient (Wildman–Crippen LogP) is 2.61. The Morgan fingerprint density at radius 3 is 2.78 bits per heavy atom. The molecular weight excluding hydrogens is 298 g/mol. The monoisotopic (exact) mass is 315 g/mol. The summed E-state index contributed by atoms with van der Waals surface area (Å²) in [5.41, 5.74) is 1.03. The number of methoxy groups -OCH3 is 1. The van der Waals surface area contributed by atoms with E-state index in [1.165, 1.54) is 0 Å². The van der Waals surface area contributed by atoms with E-state index in [1.54, 1.807) is 14.0 Å². The van der Waals surface area contributed by atoms with E-state index in [0.717, 1.165) is 15.8 Å². The fourth-order valence-electron chi connectivity index (χ4n) is 1.81. The van der Waals surface area contributed by atoms with E-state index in [9.17, 15) is 4.79 Å². The Balaban J connectivity index is 2.73. The molecule has 0 heterocycles. The SMILES string of the molecule is COc1c(Br)cccc1CN(C)CC(C)C(=O)O. The summed E-state index contributed by atoms with van der Waals surface area (Å²) in [7, 11) is 3.53. The predicted molar refractivity (Wildman–Crippen MR) is 73.8 cm³/mol. The van der Waals surface area contributed by atoms with Crippen molar-refractivity contribution in [2.24, 2.45) is 5.92 Å². The number of hydrogen-bond acceptors (Lipinski definition) is 3. The van der Waals surface area contributed by atoms with Gasteiger partial charge in [0.2, 0.25) is 0 Å². The van der Waals surface area contributed by atoms with Crippen molar-refractivity contribution >= 4 is 21.9 Å². The summed E-state index contributed by atoms with van der Waals surface area (Å²) in [4.78, 5) is 12.8. The van der Waals surface area contributed by atoms with Crippen LogP contribution in [-0.4, -0.2) is 36.7 Å². The van der Waals surface area contributed by atoms with Crippen LogP contribution in [0.4, 0.5) is 0 Å². The maximum Gasteiger partial charge on any atom is 0.307 e. The Bertz CT molecular complexity index is 423. The lowest BCUT2D eigenvalue weighted by atomic mass is 10.1. The molecule has 0 radical (unpaired) electrons. The highest BCUT2D eigenvalue weighted by Crippen LogP contribution is 2.29. The molecule has 0 saturated heterocycles. The Morgan fingerprint density at radius 1 is 1.56 bits per heavy atom. The number of carbonyl (C=O) groups is 1. The van der Waals surface area contributed by atoms with Crippen LogP contribution >= 0.6 is 15.9 Å². The van der Waals surface area contributed by atoms with Crippen LogP contribution in [0.2, 0.25) is 0 Å². The quantitative estimate of drug-likeness (QED) is 0.876. The molecular formula is C13H18BrNO3. The van der Waals surface area contributed by atoms with Gasteiger partial charge in [0.25, 0.3) is 0 Å². The molecule has 0 aliphatic rings. The average Bonchev–Trinajstić information content (AvgIpc) is 2.28. The van der Waals surface area contributed by atoms with Gasteiger partial charge < -0.3 is 14.7 Å². The van der Waals surface area contributed by atoms with Gasteiger partial charge in [-0.25, -0.2) is 0 Å². The molecule has 0 spiro atoms. The first kappa shape index (κ1) is 15.0. The van der Waals surface area contributed by atoms with Gasteiger partial charge in [-0.15, -0.1) is 0 Å². The summed E-state index contributed by atoms with van der Waals surface area (Å²) in [5, 5.41) is 8.88. The molecule has 100 valence electrons. The third-order valence-electron chi connectivity index (χ3n) is 2.70. The number of halogens is 1. The van der Waals surface area contributed by atoms with E-state index in [4.69, 9.17) is 9.84 Å². The standard InChI is InChI=1S/C13H18BrNO3/c1-9(13(16)17)7-15(2)8-10-5-4-6-11(14)12(10)18-3/h4-6,9H,7-8H2,1-3H3,(H,16,17). The second kappa shape index (κ2) is 6.75. The van der Waals surface area contributed by atoms with Gasteiger partial charge in [-0.3, -0.25) is 4.79 Å². The molecule has 0 aliphatic carbocycles. The fraction of sp³-hybridized carbons (Fsp3) is 0.462. The lowest BCUT2D eigenvalue weighted by Crippen LogP contribution is -2.28. The van der Waals surface area contributed by atoms with E-state index in [1.807, 2.05) is 30.1 Å². The highest BCUT2D eigenvalue weighted by Gasteiger charge is 2.15. The van der Waals surface area contributed by atoms with E-state index in [-0.39, 0.29) is 5.92 Å². The molecule has 1 aromatic carbocycles. The number of nitrogens with zero attached hydrogens (tertiary/aromatic N) is 1. The number of ether oxygens (including phenoxy) is 1. The fourth-order valence-corrected chi connectivity index (χ4v) is 2.38. The second-order valence-corrected chi connectivity index (χ2v) is 5.22. The minimum absolute atomic E-state index is 0.381. The maximum atomic E-state index is 10.8. The first-order chi connectivity index (χ1) is 8.45. The van der Waals surface area contributed by atoms with Gasteiger partial charge in [-0.1, -0.05) is 19.1 Å². The molecule has 18 heavy (non-hydrogen) atoms. The van der Waals surface area contributed by atoms with Crippen LogP contribution in [0.25, 0.3) is 0 Å². The van der Waals surface area contributed by atoms with E-state index >= 15 is 0 Å². The van der Waals surface area contributed by atoms with Crippen LogP contribution in [-0.2, 0) is 11.3 Å². The molecule has 0 bridgehead atoms. The van der Waals surface area contributed by atoms with Crippen molar-refractivity contribution in [1.29, 1.82) is 0 Å². The Morgan fingerprint density at radius 2 is 2.22 bits per heavy atom. The minimum atomic E-state index is -0.775. The van der Waals surface area contributed by atoms with Crippen LogP contribution in [0.1, 0.15) is 12.5 Å². The van der Waals surface area contributed by atoms with Crippen molar-refractivity contribution in [3.05, 3.63) is 28.2 Å². The maximum absolute atomic E-state index is 10.8. The van der Waals surface area contributed by atoms with Crippen molar-refractivity contribution in [2.45, 2.75) is 13.5 Å². The smallest absolute Gasteiger partial charge is 0.307 e. The average molecular weight is 316 g/mol. The van der Waals surface area contributed by atoms with Gasteiger partial charge in [-0.05, 0) is 29.0 Å². The molecule has 0 aromatic heterocycles. The summed E-state index contributed by atoms with van der Waals surface area (Å²) >= 11 is 3.43. The summed E-state index contributed by atoms with van der Waals surface area (Å²) in [6.45, 7) is 2.86. The third-order valence-corrected chi connectivity index (χ3v) is 3.32. The largest absolute Gasteiger partial charge is 0.495 e. The van der Waals surface area contributed by atoms with E-state index in [2.05, 4.69) is 15.9 Å². The van der Waals surface area contributed by atoms with E-state index in [0.29, 0.717) is 13.1 Å². The highest BCUT2D eigenvalue weighted by molar-refractivity contribution is 9.10. The number of aliphatic carboxylic acids is 1. The van der Waals surface area contributed by atoms with Crippen molar-refractivity contribution in [2.75, 3.05) is 20.7 Å². The van der Waals surface area contributed by atoms with Gasteiger partial charge in [-0.2, -0.15) is 0 Å². The molecule has 1 atom stereocenters. The van der Waals surface area contributed by atoms with Gasteiger partial charge >= 0.3 is 5.97 Å². The summed E-state index contributed by atoms with van der Waals surface area (Å²) in [5.74, 6) is -0.358. The number of benzene rings is 1. The lowest BCUT2D eigenvalue weighted by molar-refractivity contribution is -0.141. The Kier molecular flexibility index (Phi) is 5.62. The minimum Gasteiger partial charge on any atom is -0.495 e. The van der Waals surface area contributed by atoms with Crippen molar-refractivity contribution in [3.8, 4) is 5.75 Å². The Labute approximate surface area is 116 Å². The topological polar surface area (TPSA) is 49.8 Å². The van der Waals surface area contributed by atoms with Crippen LogP contribution in [0.3, 0.4) is 0 Å². The molecule has 1 aromatic rings. The van der Waals surface area contributed by atoms with Gasteiger partial charge in [0.05, 0.1) is 17.5 Å². The zero-order chi connectivity index (χ0) is 13.7. The number of carboxylic acids is 1. The van der Waals surface area contributed by atoms with E-state index < -0.39 is 5.97 Å². The molecule has 1 unspecified atom stereocenters. The van der Waals surface area contributed by atoms with Gasteiger partial charge in [0, 0.05) is 18.7 Å². The molecule has 0 amide bonds. The zero-order valence-electron chi connectivity index (χ0n) is 10.8. The second-order valence-electron chi connectivity index (χ2n) is 4.37. The highest BCUT2D eigenvalue weighted by atomic mass is 79.9. The zero-order valence-corrected chi connectivity index (χ0v) is 12.4. The van der Waals surface area contributed by atoms with Crippen molar-refractivity contribution in [1.82, 2.24) is 4.90 Å². The lowest BCUT2D eigenvalue weighted by Gasteiger charge is -2.20. The third kappa shape index (κ3) is 3.99. The molecule has 0 saturated carbocycles. The van der Waals surface area contributed by atoms with Crippen molar-refractivity contribution in [3.63, 3.8) is 0 Å². The molecule has 5 heteroatoms. The number of hydrogen-bond donors (Lipinski definition) is 1. The number of carboxylic acid groups (broad SMARTS) is 1. The molecule has 1 rings (SSSR count). The molecule has 1 N–H and O–H groups in total. The van der Waals surface area contributed by atoms with Crippen molar-refractivity contribution < 1.29 is 14.6 Å². The number of rotatable bonds is 6. The first-order valence-corrected chi connectivity index (χ1v) is 6.47. The summed E-state index contributed by atoms with van der Waals surface area (Å²) in [6, 6.07) is 5.84. The van der Waals surface area contributed by atoms with Crippen LogP contribution < -0.4 is 4.74 Å². The van der Waals surface area contributed by atoms with Gasteiger partial charge in [0.1, 0.15) is 5.75 Å². The molecule has 0 aliphatic heterocycles. The number of para-hydroxylation sites is 1. The molecule has 4 nitrogen and oxygen atoms in total. The summed E-state index contributed by atoms with van der Waals surface area (Å²) in [6.07, 6.45) is 0. The molecule has 0 fully saturated rings. The Hall–Kier alpha value is -1.07. The normalized spacial score (nSPS) is 12.5. The van der Waals surface area contributed by atoms with Crippen LogP contribution in [0.15, 0.2) is 22.7 Å². The van der Waals surface area contributed by atoms with Crippen LogP contribution in [0.5, 0.6) is 5.75 Å². The van der Waals surface area contributed by atoms with Crippen LogP contribution in [0, 0.1) is 5.92 Å².